The quantitative estimate of drug-likeness (QED) is 0.509. The van der Waals surface area contributed by atoms with Crippen molar-refractivity contribution in [3.8, 4) is 0 Å². The van der Waals surface area contributed by atoms with Gasteiger partial charge >= 0.3 is 5.97 Å². The molecular formula is C13H22N4O2. The second kappa shape index (κ2) is 4.15. The van der Waals surface area contributed by atoms with Crippen molar-refractivity contribution < 1.29 is 9.53 Å². The molecule has 4 atom stereocenters. The van der Waals surface area contributed by atoms with Gasteiger partial charge in [-0.15, -0.1) is 0 Å². The van der Waals surface area contributed by atoms with Crippen molar-refractivity contribution >= 4 is 5.97 Å². The highest BCUT2D eigenvalue weighted by molar-refractivity contribution is 5.75. The Morgan fingerprint density at radius 2 is 1.63 bits per heavy atom. The van der Waals surface area contributed by atoms with Gasteiger partial charge in [0.05, 0.1) is 17.0 Å². The standard InChI is InChI=1S/C13H22N4O2/c18-11(9-3-1-5-12(9)7-14-16-12)19-10-4-2-6-13(10)8-15-17-13/h9-10,14-17H,1-8H2. The second-order valence-electron chi connectivity index (χ2n) is 6.53. The first kappa shape index (κ1) is 12.1. The van der Waals surface area contributed by atoms with Crippen LogP contribution in [0.4, 0.5) is 0 Å². The van der Waals surface area contributed by atoms with Crippen LogP contribution in [-0.4, -0.2) is 36.2 Å². The van der Waals surface area contributed by atoms with E-state index in [1.807, 2.05) is 0 Å². The predicted molar refractivity (Wildman–Crippen MR) is 68.8 cm³/mol. The third-order valence-corrected chi connectivity index (χ3v) is 5.51. The molecule has 0 bridgehead atoms. The second-order valence-corrected chi connectivity index (χ2v) is 6.53. The molecule has 6 heteroatoms. The molecule has 0 amide bonds. The molecule has 4 rings (SSSR count). The minimum Gasteiger partial charge on any atom is -0.460 e. The number of rotatable bonds is 2. The Morgan fingerprint density at radius 1 is 1.00 bits per heavy atom. The van der Waals surface area contributed by atoms with E-state index in [4.69, 9.17) is 4.74 Å². The Hall–Kier alpha value is -0.690. The third kappa shape index (κ3) is 1.67. The van der Waals surface area contributed by atoms with Crippen molar-refractivity contribution in [2.75, 3.05) is 13.1 Å². The van der Waals surface area contributed by atoms with E-state index < -0.39 is 0 Å². The summed E-state index contributed by atoms with van der Waals surface area (Å²) < 4.78 is 5.87. The lowest BCUT2D eigenvalue weighted by Gasteiger charge is -2.46. The summed E-state index contributed by atoms with van der Waals surface area (Å²) in [5, 5.41) is 0. The maximum absolute atomic E-state index is 12.5. The number of hydrogen-bond acceptors (Lipinski definition) is 6. The molecule has 6 nitrogen and oxygen atoms in total. The van der Waals surface area contributed by atoms with E-state index in [9.17, 15) is 4.79 Å². The first-order chi connectivity index (χ1) is 9.24. The Labute approximate surface area is 113 Å². The maximum atomic E-state index is 12.5. The third-order valence-electron chi connectivity index (χ3n) is 5.51. The van der Waals surface area contributed by atoms with Gasteiger partial charge in [-0.2, -0.15) is 0 Å². The van der Waals surface area contributed by atoms with E-state index in [1.54, 1.807) is 0 Å². The minimum absolute atomic E-state index is 0.00600. The first-order valence-corrected chi connectivity index (χ1v) is 7.45. The smallest absolute Gasteiger partial charge is 0.311 e. The van der Waals surface area contributed by atoms with E-state index >= 15 is 0 Å². The Morgan fingerprint density at radius 3 is 2.26 bits per heavy atom. The summed E-state index contributed by atoms with van der Waals surface area (Å²) in [5.74, 6) is 0.0333. The summed E-state index contributed by atoms with van der Waals surface area (Å²) in [4.78, 5) is 12.5. The fourth-order valence-corrected chi connectivity index (χ4v) is 4.19. The molecule has 0 aromatic heterocycles. The number of carbonyl (C=O) groups is 1. The van der Waals surface area contributed by atoms with Crippen LogP contribution in [0.5, 0.6) is 0 Å². The van der Waals surface area contributed by atoms with Gasteiger partial charge in [-0.3, -0.25) is 15.6 Å². The van der Waals surface area contributed by atoms with Gasteiger partial charge in [0.25, 0.3) is 0 Å². The molecule has 2 aliphatic heterocycles. The number of ether oxygens (including phenoxy) is 1. The van der Waals surface area contributed by atoms with Gasteiger partial charge in [0.15, 0.2) is 0 Å². The summed E-state index contributed by atoms with van der Waals surface area (Å²) in [6.45, 7) is 1.81. The van der Waals surface area contributed by atoms with Gasteiger partial charge in [-0.05, 0) is 32.1 Å². The number of nitrogens with one attached hydrogen (secondary N) is 4. The van der Waals surface area contributed by atoms with Gasteiger partial charge in [0, 0.05) is 13.1 Å². The van der Waals surface area contributed by atoms with E-state index in [0.717, 1.165) is 51.6 Å². The lowest BCUT2D eigenvalue weighted by molar-refractivity contribution is -0.163. The van der Waals surface area contributed by atoms with Crippen LogP contribution < -0.4 is 21.7 Å². The monoisotopic (exact) mass is 266 g/mol. The molecule has 0 aromatic carbocycles. The summed E-state index contributed by atoms with van der Waals surface area (Å²) in [6.07, 6.45) is 6.44. The fraction of sp³-hybridized carbons (Fsp3) is 0.923. The highest BCUT2D eigenvalue weighted by atomic mass is 16.5. The predicted octanol–water partition coefficient (Wildman–Crippen LogP) is -0.425. The van der Waals surface area contributed by atoms with Crippen LogP contribution in [0.2, 0.25) is 0 Å². The summed E-state index contributed by atoms with van der Waals surface area (Å²) >= 11 is 0. The molecule has 19 heavy (non-hydrogen) atoms. The molecule has 0 radical (unpaired) electrons. The van der Waals surface area contributed by atoms with Crippen molar-refractivity contribution in [1.29, 1.82) is 0 Å². The van der Waals surface area contributed by atoms with Gasteiger partial charge in [0.1, 0.15) is 6.10 Å². The summed E-state index contributed by atoms with van der Waals surface area (Å²) in [6, 6.07) is 0. The lowest BCUT2D eigenvalue weighted by atomic mass is 9.85. The molecule has 4 N–H and O–H groups in total. The van der Waals surface area contributed by atoms with Crippen LogP contribution in [0.3, 0.4) is 0 Å². The Kier molecular flexibility index (Phi) is 2.64. The minimum atomic E-state index is -0.0197. The van der Waals surface area contributed by atoms with E-state index in [0.29, 0.717) is 0 Å². The van der Waals surface area contributed by atoms with Gasteiger partial charge in [-0.1, -0.05) is 6.42 Å². The Bertz CT molecular complexity index is 392. The normalized spacial score (nSPS) is 48.2. The van der Waals surface area contributed by atoms with E-state index in [2.05, 4.69) is 21.7 Å². The van der Waals surface area contributed by atoms with Crippen molar-refractivity contribution in [2.24, 2.45) is 5.92 Å². The number of carbonyl (C=O) groups excluding carboxylic acids is 1. The molecule has 2 spiro atoms. The van der Waals surface area contributed by atoms with E-state index in [1.165, 1.54) is 0 Å². The van der Waals surface area contributed by atoms with Crippen LogP contribution in [0, 0.1) is 5.92 Å². The molecule has 2 heterocycles. The number of hydrogen-bond donors (Lipinski definition) is 4. The van der Waals surface area contributed by atoms with E-state index in [-0.39, 0.29) is 29.1 Å². The molecular weight excluding hydrogens is 244 g/mol. The number of hydrazine groups is 2. The molecule has 4 fully saturated rings. The fourth-order valence-electron chi connectivity index (χ4n) is 4.19. The maximum Gasteiger partial charge on any atom is 0.311 e. The highest BCUT2D eigenvalue weighted by Crippen LogP contribution is 2.41. The molecule has 106 valence electrons. The topological polar surface area (TPSA) is 74.4 Å². The molecule has 2 saturated heterocycles. The van der Waals surface area contributed by atoms with Crippen LogP contribution in [0.15, 0.2) is 0 Å². The average Bonchev–Trinajstić information content (AvgIpc) is 2.89. The lowest BCUT2D eigenvalue weighted by Crippen LogP contribution is -2.74. The molecule has 4 unspecified atom stereocenters. The highest BCUT2D eigenvalue weighted by Gasteiger charge is 2.54. The molecule has 4 aliphatic rings. The van der Waals surface area contributed by atoms with Crippen molar-refractivity contribution in [2.45, 2.75) is 55.7 Å². The van der Waals surface area contributed by atoms with Crippen LogP contribution in [0.1, 0.15) is 38.5 Å². The van der Waals surface area contributed by atoms with Crippen LogP contribution in [0.25, 0.3) is 0 Å². The summed E-state index contributed by atoms with van der Waals surface area (Å²) in [5.41, 5.74) is 12.7. The van der Waals surface area contributed by atoms with Gasteiger partial charge in [0.2, 0.25) is 0 Å². The zero-order valence-electron chi connectivity index (χ0n) is 11.1. The van der Waals surface area contributed by atoms with Crippen molar-refractivity contribution in [3.63, 3.8) is 0 Å². The first-order valence-electron chi connectivity index (χ1n) is 7.45. The number of esters is 1. The SMILES string of the molecule is O=C(OC1CCCC12CNN2)C1CCCC12CNN2. The van der Waals surface area contributed by atoms with Crippen LogP contribution in [-0.2, 0) is 9.53 Å². The zero-order chi connectivity index (χ0) is 12.9. The zero-order valence-corrected chi connectivity index (χ0v) is 11.1. The van der Waals surface area contributed by atoms with Crippen molar-refractivity contribution in [1.82, 2.24) is 21.7 Å². The molecule has 2 saturated carbocycles. The summed E-state index contributed by atoms with van der Waals surface area (Å²) in [7, 11) is 0. The van der Waals surface area contributed by atoms with Crippen molar-refractivity contribution in [3.05, 3.63) is 0 Å². The Balaban J connectivity index is 1.44. The molecule has 0 aromatic rings. The largest absolute Gasteiger partial charge is 0.460 e. The van der Waals surface area contributed by atoms with Gasteiger partial charge in [-0.25, -0.2) is 10.9 Å². The van der Waals surface area contributed by atoms with Gasteiger partial charge < -0.3 is 4.74 Å². The van der Waals surface area contributed by atoms with Crippen LogP contribution >= 0.6 is 0 Å². The average molecular weight is 266 g/mol. The molecule has 2 aliphatic carbocycles.